The SMILES string of the molecule is CN1C(=O)O[C@@H]2CNCC[C@H]21. The molecule has 0 aromatic heterocycles. The molecule has 0 bridgehead atoms. The molecule has 2 aliphatic rings. The number of piperidine rings is 1. The number of carbonyl (C=O) groups is 1. The van der Waals surface area contributed by atoms with Crippen molar-refractivity contribution in [2.24, 2.45) is 0 Å². The quantitative estimate of drug-likeness (QED) is 0.528. The number of hydrogen-bond acceptors (Lipinski definition) is 3. The Labute approximate surface area is 65.5 Å². The average Bonchev–Trinajstić information content (AvgIpc) is 2.30. The summed E-state index contributed by atoms with van der Waals surface area (Å²) in [5, 5.41) is 3.19. The molecule has 2 fully saturated rings. The fourth-order valence-electron chi connectivity index (χ4n) is 1.73. The molecular formula is C7H12N2O2. The van der Waals surface area contributed by atoms with Crippen molar-refractivity contribution in [1.29, 1.82) is 0 Å². The summed E-state index contributed by atoms with van der Waals surface area (Å²) < 4.78 is 5.10. The van der Waals surface area contributed by atoms with Gasteiger partial charge in [0, 0.05) is 13.6 Å². The fourth-order valence-corrected chi connectivity index (χ4v) is 1.73. The second-order valence-corrected chi connectivity index (χ2v) is 3.09. The topological polar surface area (TPSA) is 41.6 Å². The number of amides is 1. The summed E-state index contributed by atoms with van der Waals surface area (Å²) in [5.74, 6) is 0. The normalized spacial score (nSPS) is 36.8. The summed E-state index contributed by atoms with van der Waals surface area (Å²) in [4.78, 5) is 12.7. The molecule has 2 heterocycles. The van der Waals surface area contributed by atoms with E-state index in [-0.39, 0.29) is 12.2 Å². The maximum atomic E-state index is 11.0. The standard InChI is InChI=1S/C7H12N2O2/c1-9-5-2-3-8-4-6(5)11-7(9)10/h5-6,8H,2-4H2,1H3/t5-,6-/m1/s1. The van der Waals surface area contributed by atoms with E-state index in [1.54, 1.807) is 11.9 Å². The zero-order valence-corrected chi connectivity index (χ0v) is 6.54. The first-order valence-electron chi connectivity index (χ1n) is 3.93. The summed E-state index contributed by atoms with van der Waals surface area (Å²) in [7, 11) is 1.80. The predicted molar refractivity (Wildman–Crippen MR) is 39.3 cm³/mol. The van der Waals surface area contributed by atoms with Crippen LogP contribution < -0.4 is 5.32 Å². The van der Waals surface area contributed by atoms with Crippen molar-refractivity contribution in [2.45, 2.75) is 18.6 Å². The Morgan fingerprint density at radius 3 is 3.27 bits per heavy atom. The van der Waals surface area contributed by atoms with Crippen LogP contribution in [0.1, 0.15) is 6.42 Å². The van der Waals surface area contributed by atoms with Crippen LogP contribution in [-0.4, -0.2) is 43.3 Å². The van der Waals surface area contributed by atoms with Crippen molar-refractivity contribution in [3.63, 3.8) is 0 Å². The van der Waals surface area contributed by atoms with Crippen molar-refractivity contribution in [2.75, 3.05) is 20.1 Å². The lowest BCUT2D eigenvalue weighted by molar-refractivity contribution is 0.121. The second kappa shape index (κ2) is 2.37. The molecule has 0 radical (unpaired) electrons. The van der Waals surface area contributed by atoms with Crippen LogP contribution in [0.15, 0.2) is 0 Å². The molecule has 11 heavy (non-hydrogen) atoms. The van der Waals surface area contributed by atoms with Gasteiger partial charge in [-0.2, -0.15) is 0 Å². The van der Waals surface area contributed by atoms with Crippen LogP contribution in [0.2, 0.25) is 0 Å². The maximum Gasteiger partial charge on any atom is 0.410 e. The highest BCUT2D eigenvalue weighted by molar-refractivity contribution is 5.70. The highest BCUT2D eigenvalue weighted by Gasteiger charge is 2.40. The van der Waals surface area contributed by atoms with E-state index >= 15 is 0 Å². The van der Waals surface area contributed by atoms with E-state index in [0.29, 0.717) is 6.04 Å². The zero-order chi connectivity index (χ0) is 7.84. The lowest BCUT2D eigenvalue weighted by atomic mass is 10.0. The third kappa shape index (κ3) is 0.976. The summed E-state index contributed by atoms with van der Waals surface area (Å²) in [6.45, 7) is 1.79. The number of nitrogens with one attached hydrogen (secondary N) is 1. The number of fused-ring (bicyclic) bond motifs is 1. The van der Waals surface area contributed by atoms with Crippen molar-refractivity contribution in [1.82, 2.24) is 10.2 Å². The smallest absolute Gasteiger partial charge is 0.410 e. The Morgan fingerprint density at radius 1 is 1.73 bits per heavy atom. The van der Waals surface area contributed by atoms with Crippen molar-refractivity contribution in [3.05, 3.63) is 0 Å². The van der Waals surface area contributed by atoms with Crippen molar-refractivity contribution in [3.8, 4) is 0 Å². The second-order valence-electron chi connectivity index (χ2n) is 3.09. The van der Waals surface area contributed by atoms with E-state index in [0.717, 1.165) is 19.5 Å². The van der Waals surface area contributed by atoms with Gasteiger partial charge >= 0.3 is 6.09 Å². The summed E-state index contributed by atoms with van der Waals surface area (Å²) >= 11 is 0. The van der Waals surface area contributed by atoms with Gasteiger partial charge in [0.25, 0.3) is 0 Å². The van der Waals surface area contributed by atoms with Crippen LogP contribution >= 0.6 is 0 Å². The maximum absolute atomic E-state index is 11.0. The molecule has 2 aliphatic heterocycles. The number of rotatable bonds is 0. The lowest BCUT2D eigenvalue weighted by Gasteiger charge is -2.26. The molecule has 2 saturated heterocycles. The third-order valence-corrected chi connectivity index (χ3v) is 2.43. The first kappa shape index (κ1) is 6.91. The molecule has 1 N–H and O–H groups in total. The van der Waals surface area contributed by atoms with Crippen LogP contribution in [0.4, 0.5) is 4.79 Å². The molecule has 2 atom stereocenters. The minimum Gasteiger partial charge on any atom is -0.443 e. The number of ether oxygens (including phenoxy) is 1. The molecular weight excluding hydrogens is 144 g/mol. The van der Waals surface area contributed by atoms with Gasteiger partial charge in [-0.05, 0) is 13.0 Å². The van der Waals surface area contributed by atoms with Gasteiger partial charge in [-0.15, -0.1) is 0 Å². The number of nitrogens with zero attached hydrogens (tertiary/aromatic N) is 1. The molecule has 0 aromatic carbocycles. The molecule has 0 aromatic rings. The molecule has 2 rings (SSSR count). The molecule has 4 heteroatoms. The first-order valence-corrected chi connectivity index (χ1v) is 3.93. The zero-order valence-electron chi connectivity index (χ0n) is 6.54. The Kier molecular flexibility index (Phi) is 1.49. The van der Waals surface area contributed by atoms with Crippen molar-refractivity contribution < 1.29 is 9.53 Å². The highest BCUT2D eigenvalue weighted by atomic mass is 16.6. The van der Waals surface area contributed by atoms with E-state index in [4.69, 9.17) is 4.74 Å². The summed E-state index contributed by atoms with van der Waals surface area (Å²) in [6.07, 6.45) is 0.914. The van der Waals surface area contributed by atoms with Crippen LogP contribution in [-0.2, 0) is 4.74 Å². The molecule has 0 aliphatic carbocycles. The van der Waals surface area contributed by atoms with Gasteiger partial charge in [-0.1, -0.05) is 0 Å². The molecule has 62 valence electrons. The number of carbonyl (C=O) groups excluding carboxylic acids is 1. The van der Waals surface area contributed by atoms with Gasteiger partial charge in [0.15, 0.2) is 0 Å². The molecule has 1 amide bonds. The van der Waals surface area contributed by atoms with Crippen LogP contribution in [0, 0.1) is 0 Å². The minimum atomic E-state index is -0.177. The Morgan fingerprint density at radius 2 is 2.55 bits per heavy atom. The first-order chi connectivity index (χ1) is 5.29. The van der Waals surface area contributed by atoms with E-state index in [2.05, 4.69) is 5.32 Å². The van der Waals surface area contributed by atoms with Gasteiger partial charge in [0.1, 0.15) is 6.10 Å². The fraction of sp³-hybridized carbons (Fsp3) is 0.857. The Balaban J connectivity index is 2.11. The van der Waals surface area contributed by atoms with E-state index in [1.165, 1.54) is 0 Å². The summed E-state index contributed by atoms with van der Waals surface area (Å²) in [5.41, 5.74) is 0. The molecule has 0 saturated carbocycles. The Bertz CT molecular complexity index is 183. The van der Waals surface area contributed by atoms with E-state index in [9.17, 15) is 4.79 Å². The van der Waals surface area contributed by atoms with Gasteiger partial charge in [0.05, 0.1) is 6.04 Å². The predicted octanol–water partition coefficient (Wildman–Crippen LogP) is -0.201. The lowest BCUT2D eigenvalue weighted by Crippen LogP contribution is -2.46. The van der Waals surface area contributed by atoms with Gasteiger partial charge in [0.2, 0.25) is 0 Å². The summed E-state index contributed by atoms with van der Waals surface area (Å²) in [6, 6.07) is 0.309. The van der Waals surface area contributed by atoms with Crippen molar-refractivity contribution >= 4 is 6.09 Å². The molecule has 4 nitrogen and oxygen atoms in total. The van der Waals surface area contributed by atoms with Gasteiger partial charge in [-0.3, -0.25) is 0 Å². The third-order valence-electron chi connectivity index (χ3n) is 2.43. The van der Waals surface area contributed by atoms with Crippen LogP contribution in [0.3, 0.4) is 0 Å². The number of hydrogen-bond donors (Lipinski definition) is 1. The van der Waals surface area contributed by atoms with E-state index in [1.807, 2.05) is 0 Å². The molecule has 0 spiro atoms. The molecule has 0 unspecified atom stereocenters. The monoisotopic (exact) mass is 156 g/mol. The number of likely N-dealkylation sites (N-methyl/N-ethyl adjacent to an activating group) is 1. The highest BCUT2D eigenvalue weighted by Crippen LogP contribution is 2.21. The van der Waals surface area contributed by atoms with Crippen LogP contribution in [0.5, 0.6) is 0 Å². The Hall–Kier alpha value is -0.770. The van der Waals surface area contributed by atoms with Gasteiger partial charge < -0.3 is 15.0 Å². The van der Waals surface area contributed by atoms with Crippen LogP contribution in [0.25, 0.3) is 0 Å². The van der Waals surface area contributed by atoms with E-state index < -0.39 is 0 Å². The van der Waals surface area contributed by atoms with Gasteiger partial charge in [-0.25, -0.2) is 4.79 Å². The minimum absolute atomic E-state index is 0.0845. The largest absolute Gasteiger partial charge is 0.443 e. The average molecular weight is 156 g/mol.